The second-order valence-corrected chi connectivity index (χ2v) is 5.64. The van der Waals surface area contributed by atoms with Crippen LogP contribution in [-0.4, -0.2) is 28.9 Å². The lowest BCUT2D eigenvalue weighted by Gasteiger charge is -2.42. The highest BCUT2D eigenvalue weighted by Gasteiger charge is 2.44. The molecule has 3 rings (SSSR count). The van der Waals surface area contributed by atoms with Crippen molar-refractivity contribution in [2.75, 3.05) is 6.54 Å². The SMILES string of the molecule is O[C@H]1CCCN[C@@H]1C(O)(c1ccccc1)c1ccccc1. The molecule has 3 nitrogen and oxygen atoms in total. The van der Waals surface area contributed by atoms with Crippen LogP contribution < -0.4 is 5.32 Å². The Morgan fingerprint density at radius 2 is 1.43 bits per heavy atom. The second-order valence-electron chi connectivity index (χ2n) is 5.64. The first-order valence-corrected chi connectivity index (χ1v) is 7.48. The van der Waals surface area contributed by atoms with Crippen LogP contribution in [0.25, 0.3) is 0 Å². The Morgan fingerprint density at radius 3 is 1.90 bits per heavy atom. The number of hydrogen-bond acceptors (Lipinski definition) is 3. The fraction of sp³-hybridized carbons (Fsp3) is 0.333. The van der Waals surface area contributed by atoms with Crippen LogP contribution in [0.5, 0.6) is 0 Å². The molecule has 0 aromatic heterocycles. The Balaban J connectivity index is 2.11. The monoisotopic (exact) mass is 283 g/mol. The number of hydrogen-bond donors (Lipinski definition) is 3. The van der Waals surface area contributed by atoms with E-state index in [1.807, 2.05) is 60.7 Å². The minimum Gasteiger partial charge on any atom is -0.391 e. The summed E-state index contributed by atoms with van der Waals surface area (Å²) in [5.74, 6) is 0. The van der Waals surface area contributed by atoms with Gasteiger partial charge in [0.15, 0.2) is 0 Å². The van der Waals surface area contributed by atoms with Crippen molar-refractivity contribution in [3.63, 3.8) is 0 Å². The first-order valence-electron chi connectivity index (χ1n) is 7.48. The molecule has 2 aromatic carbocycles. The van der Waals surface area contributed by atoms with Gasteiger partial charge in [-0.3, -0.25) is 0 Å². The van der Waals surface area contributed by atoms with Crippen molar-refractivity contribution in [3.05, 3.63) is 71.8 Å². The Labute approximate surface area is 125 Å². The highest BCUT2D eigenvalue weighted by Crippen LogP contribution is 2.36. The van der Waals surface area contributed by atoms with Gasteiger partial charge in [-0.2, -0.15) is 0 Å². The van der Waals surface area contributed by atoms with Crippen LogP contribution in [0.4, 0.5) is 0 Å². The maximum absolute atomic E-state index is 11.5. The van der Waals surface area contributed by atoms with Crippen molar-refractivity contribution in [1.82, 2.24) is 5.32 Å². The Hall–Kier alpha value is -1.68. The fourth-order valence-corrected chi connectivity index (χ4v) is 3.21. The van der Waals surface area contributed by atoms with Gasteiger partial charge in [0, 0.05) is 0 Å². The molecule has 0 aliphatic carbocycles. The molecule has 0 saturated carbocycles. The standard InChI is InChI=1S/C18H21NO2/c20-16-12-7-13-19-17(16)18(21,14-8-3-1-4-9-14)15-10-5-2-6-11-15/h1-6,8-11,16-17,19-21H,7,12-13H2/t16-,17-/m0/s1. The van der Waals surface area contributed by atoms with E-state index in [2.05, 4.69) is 5.32 Å². The van der Waals surface area contributed by atoms with Crippen LogP contribution in [0.3, 0.4) is 0 Å². The van der Waals surface area contributed by atoms with Gasteiger partial charge < -0.3 is 15.5 Å². The number of rotatable bonds is 3. The molecule has 1 saturated heterocycles. The van der Waals surface area contributed by atoms with Crippen molar-refractivity contribution < 1.29 is 10.2 Å². The predicted octanol–water partition coefficient (Wildman–Crippen LogP) is 2.04. The van der Waals surface area contributed by atoms with Crippen molar-refractivity contribution in [2.45, 2.75) is 30.6 Å². The lowest BCUT2D eigenvalue weighted by molar-refractivity contribution is -0.0355. The van der Waals surface area contributed by atoms with E-state index < -0.39 is 17.7 Å². The molecular weight excluding hydrogens is 262 g/mol. The molecule has 0 amide bonds. The van der Waals surface area contributed by atoms with E-state index in [4.69, 9.17) is 0 Å². The zero-order chi connectivity index (χ0) is 14.7. The molecule has 21 heavy (non-hydrogen) atoms. The highest BCUT2D eigenvalue weighted by atomic mass is 16.3. The normalized spacial score (nSPS) is 23.0. The van der Waals surface area contributed by atoms with Crippen LogP contribution in [0.2, 0.25) is 0 Å². The van der Waals surface area contributed by atoms with Gasteiger partial charge >= 0.3 is 0 Å². The zero-order valence-electron chi connectivity index (χ0n) is 11.9. The molecule has 0 spiro atoms. The average molecular weight is 283 g/mol. The van der Waals surface area contributed by atoms with Crippen LogP contribution in [0, 0.1) is 0 Å². The molecule has 1 aliphatic heterocycles. The summed E-state index contributed by atoms with van der Waals surface area (Å²) in [6, 6.07) is 18.8. The third kappa shape index (κ3) is 2.60. The van der Waals surface area contributed by atoms with Crippen LogP contribution >= 0.6 is 0 Å². The third-order valence-electron chi connectivity index (χ3n) is 4.30. The quantitative estimate of drug-likeness (QED) is 0.808. The van der Waals surface area contributed by atoms with Crippen molar-refractivity contribution in [1.29, 1.82) is 0 Å². The van der Waals surface area contributed by atoms with Crippen molar-refractivity contribution in [2.24, 2.45) is 0 Å². The van der Waals surface area contributed by atoms with Crippen LogP contribution in [0.1, 0.15) is 24.0 Å². The largest absolute Gasteiger partial charge is 0.391 e. The molecule has 0 unspecified atom stereocenters. The molecule has 0 bridgehead atoms. The van der Waals surface area contributed by atoms with Crippen LogP contribution in [-0.2, 0) is 5.60 Å². The lowest BCUT2D eigenvalue weighted by Crippen LogP contribution is -2.58. The Morgan fingerprint density at radius 1 is 0.905 bits per heavy atom. The van der Waals surface area contributed by atoms with E-state index in [1.165, 1.54) is 0 Å². The van der Waals surface area contributed by atoms with E-state index in [9.17, 15) is 10.2 Å². The number of benzene rings is 2. The van der Waals surface area contributed by atoms with E-state index in [1.54, 1.807) is 0 Å². The molecule has 3 N–H and O–H groups in total. The van der Waals surface area contributed by atoms with Gasteiger partial charge in [0.25, 0.3) is 0 Å². The smallest absolute Gasteiger partial charge is 0.132 e. The fourth-order valence-electron chi connectivity index (χ4n) is 3.21. The number of piperidine rings is 1. The summed E-state index contributed by atoms with van der Waals surface area (Å²) in [4.78, 5) is 0. The lowest BCUT2D eigenvalue weighted by atomic mass is 9.76. The predicted molar refractivity (Wildman–Crippen MR) is 82.9 cm³/mol. The molecule has 110 valence electrons. The summed E-state index contributed by atoms with van der Waals surface area (Å²) in [5.41, 5.74) is 0.367. The molecule has 1 aliphatic rings. The molecule has 0 radical (unpaired) electrons. The average Bonchev–Trinajstić information content (AvgIpc) is 2.56. The van der Waals surface area contributed by atoms with E-state index in [-0.39, 0.29) is 0 Å². The van der Waals surface area contributed by atoms with Gasteiger partial charge in [0.1, 0.15) is 5.60 Å². The van der Waals surface area contributed by atoms with Gasteiger partial charge in [-0.25, -0.2) is 0 Å². The Kier molecular flexibility index (Phi) is 4.06. The van der Waals surface area contributed by atoms with Crippen molar-refractivity contribution >= 4 is 0 Å². The van der Waals surface area contributed by atoms with Gasteiger partial charge in [-0.15, -0.1) is 0 Å². The molecule has 3 heteroatoms. The van der Waals surface area contributed by atoms with E-state index in [0.29, 0.717) is 6.42 Å². The van der Waals surface area contributed by atoms with E-state index in [0.717, 1.165) is 24.1 Å². The first-order chi connectivity index (χ1) is 10.2. The minimum atomic E-state index is -1.23. The number of aliphatic hydroxyl groups is 2. The van der Waals surface area contributed by atoms with Crippen molar-refractivity contribution in [3.8, 4) is 0 Å². The molecule has 1 fully saturated rings. The van der Waals surface area contributed by atoms with Crippen LogP contribution in [0.15, 0.2) is 60.7 Å². The Bertz CT molecular complexity index is 531. The maximum Gasteiger partial charge on any atom is 0.132 e. The number of aliphatic hydroxyl groups excluding tert-OH is 1. The second kappa shape index (κ2) is 5.98. The van der Waals surface area contributed by atoms with E-state index >= 15 is 0 Å². The minimum absolute atomic E-state index is 0.406. The summed E-state index contributed by atoms with van der Waals surface area (Å²) < 4.78 is 0. The highest BCUT2D eigenvalue weighted by molar-refractivity contribution is 5.38. The summed E-state index contributed by atoms with van der Waals surface area (Å²) >= 11 is 0. The molecule has 2 aromatic rings. The topological polar surface area (TPSA) is 52.5 Å². The number of nitrogens with one attached hydrogen (secondary N) is 1. The third-order valence-corrected chi connectivity index (χ3v) is 4.30. The maximum atomic E-state index is 11.5. The zero-order valence-corrected chi connectivity index (χ0v) is 11.9. The summed E-state index contributed by atoms with van der Waals surface area (Å²) in [6.45, 7) is 0.809. The van der Waals surface area contributed by atoms with Gasteiger partial charge in [-0.05, 0) is 30.5 Å². The summed E-state index contributed by atoms with van der Waals surface area (Å²) in [6.07, 6.45) is 1.07. The molecule has 2 atom stereocenters. The summed E-state index contributed by atoms with van der Waals surface area (Å²) in [7, 11) is 0. The first kappa shape index (κ1) is 14.3. The van der Waals surface area contributed by atoms with Gasteiger partial charge in [-0.1, -0.05) is 60.7 Å². The molecule has 1 heterocycles. The summed E-state index contributed by atoms with van der Waals surface area (Å²) in [5, 5.41) is 25.2. The van der Waals surface area contributed by atoms with Gasteiger partial charge in [0.05, 0.1) is 12.1 Å². The molecular formula is C18H21NO2. The van der Waals surface area contributed by atoms with Gasteiger partial charge in [0.2, 0.25) is 0 Å².